The van der Waals surface area contributed by atoms with Gasteiger partial charge in [-0.25, -0.2) is 0 Å². The third-order valence-corrected chi connectivity index (χ3v) is 2.03. The average molecular weight is 206 g/mol. The quantitative estimate of drug-likeness (QED) is 0.586. The Balaban J connectivity index is 2.33. The van der Waals surface area contributed by atoms with Crippen molar-refractivity contribution in [1.82, 2.24) is 15.2 Å². The van der Waals surface area contributed by atoms with Crippen LogP contribution in [0.25, 0.3) is 0 Å². The van der Waals surface area contributed by atoms with Gasteiger partial charge >= 0.3 is 0 Å². The predicted molar refractivity (Wildman–Crippen MR) is 63.0 cm³/mol. The molecule has 1 aromatic rings. The number of nitrogens with one attached hydrogen (secondary N) is 1. The number of guanidine groups is 1. The molecule has 0 aliphatic carbocycles. The molecule has 0 saturated heterocycles. The molecule has 0 bridgehead atoms. The van der Waals surface area contributed by atoms with Crippen LogP contribution in [0.3, 0.4) is 0 Å². The van der Waals surface area contributed by atoms with Crippen molar-refractivity contribution in [3.63, 3.8) is 0 Å². The summed E-state index contributed by atoms with van der Waals surface area (Å²) in [5, 5.41) is 3.25. The highest BCUT2D eigenvalue weighted by atomic mass is 15.3. The minimum absolute atomic E-state index is 0.849. The maximum Gasteiger partial charge on any atom is 0.193 e. The fraction of sp³-hybridized carbons (Fsp3) is 0.455. The molecule has 15 heavy (non-hydrogen) atoms. The van der Waals surface area contributed by atoms with Crippen molar-refractivity contribution in [1.29, 1.82) is 0 Å². The Bertz CT molecular complexity index is 306. The number of rotatable bonds is 3. The summed E-state index contributed by atoms with van der Waals surface area (Å²) in [5.41, 5.74) is 1.10. The van der Waals surface area contributed by atoms with Crippen LogP contribution in [-0.2, 0) is 6.42 Å². The smallest absolute Gasteiger partial charge is 0.193 e. The third-order valence-electron chi connectivity index (χ3n) is 2.03. The maximum atomic E-state index is 4.25. The van der Waals surface area contributed by atoms with Crippen LogP contribution in [0.15, 0.2) is 29.4 Å². The molecule has 1 N–H and O–H groups in total. The monoisotopic (exact) mass is 206 g/mol. The lowest BCUT2D eigenvalue weighted by molar-refractivity contribution is 0.582. The second-order valence-corrected chi connectivity index (χ2v) is 3.44. The standard InChI is InChI=1S/C11H18N4/c1-12-11(15(2)3)14-9-7-10-6-4-5-8-13-10/h4-6,8H,7,9H2,1-3H3,(H,12,14). The molecule has 0 fully saturated rings. The van der Waals surface area contributed by atoms with E-state index in [1.54, 1.807) is 7.05 Å². The molecule has 0 aliphatic rings. The fourth-order valence-corrected chi connectivity index (χ4v) is 1.29. The molecule has 0 radical (unpaired) electrons. The molecule has 1 aromatic heterocycles. The molecule has 0 aromatic carbocycles. The molecule has 0 spiro atoms. The molecule has 1 rings (SSSR count). The van der Waals surface area contributed by atoms with Gasteiger partial charge in [-0.15, -0.1) is 0 Å². The highest BCUT2D eigenvalue weighted by Gasteiger charge is 1.99. The summed E-state index contributed by atoms with van der Waals surface area (Å²) >= 11 is 0. The topological polar surface area (TPSA) is 40.5 Å². The molecule has 0 aliphatic heterocycles. The number of hydrogen-bond acceptors (Lipinski definition) is 2. The summed E-state index contributed by atoms with van der Waals surface area (Å²) < 4.78 is 0. The van der Waals surface area contributed by atoms with E-state index in [0.717, 1.165) is 24.6 Å². The lowest BCUT2D eigenvalue weighted by Gasteiger charge is -2.16. The van der Waals surface area contributed by atoms with Gasteiger partial charge in [0, 0.05) is 46.0 Å². The Morgan fingerprint density at radius 3 is 2.80 bits per heavy atom. The van der Waals surface area contributed by atoms with Crippen molar-refractivity contribution in [3.8, 4) is 0 Å². The molecule has 82 valence electrons. The number of aromatic nitrogens is 1. The lowest BCUT2D eigenvalue weighted by atomic mass is 10.3. The first kappa shape index (κ1) is 11.5. The van der Waals surface area contributed by atoms with Gasteiger partial charge in [0.05, 0.1) is 0 Å². The largest absolute Gasteiger partial charge is 0.356 e. The van der Waals surface area contributed by atoms with Crippen LogP contribution < -0.4 is 5.32 Å². The van der Waals surface area contributed by atoms with E-state index >= 15 is 0 Å². The second kappa shape index (κ2) is 6.01. The normalized spacial score (nSPS) is 11.3. The molecule has 0 saturated carbocycles. The molecule has 4 heteroatoms. The van der Waals surface area contributed by atoms with Gasteiger partial charge in [0.25, 0.3) is 0 Å². The zero-order chi connectivity index (χ0) is 11.1. The van der Waals surface area contributed by atoms with Crippen LogP contribution in [0.5, 0.6) is 0 Å². The summed E-state index contributed by atoms with van der Waals surface area (Å²) in [7, 11) is 5.72. The number of pyridine rings is 1. The number of aliphatic imine (C=N–C) groups is 1. The van der Waals surface area contributed by atoms with Gasteiger partial charge in [0.15, 0.2) is 5.96 Å². The van der Waals surface area contributed by atoms with Crippen molar-refractivity contribution >= 4 is 5.96 Å². The van der Waals surface area contributed by atoms with Gasteiger partial charge in [0.1, 0.15) is 0 Å². The van der Waals surface area contributed by atoms with Crippen LogP contribution in [-0.4, -0.2) is 43.5 Å². The van der Waals surface area contributed by atoms with E-state index in [2.05, 4.69) is 15.3 Å². The van der Waals surface area contributed by atoms with Gasteiger partial charge < -0.3 is 10.2 Å². The summed E-state index contributed by atoms with van der Waals surface area (Å²) in [6.45, 7) is 0.849. The Morgan fingerprint density at radius 2 is 2.27 bits per heavy atom. The predicted octanol–water partition coefficient (Wildman–Crippen LogP) is 0.761. The Hall–Kier alpha value is -1.58. The number of hydrogen-bond donors (Lipinski definition) is 1. The SMILES string of the molecule is CN=C(NCCc1ccccn1)N(C)C. The van der Waals surface area contributed by atoms with Crippen molar-refractivity contribution in [2.24, 2.45) is 4.99 Å². The lowest BCUT2D eigenvalue weighted by Crippen LogP contribution is -2.37. The molecular weight excluding hydrogens is 188 g/mol. The summed E-state index contributed by atoms with van der Waals surface area (Å²) in [6, 6.07) is 5.96. The molecule has 0 unspecified atom stereocenters. The summed E-state index contributed by atoms with van der Waals surface area (Å²) in [6.07, 6.45) is 2.73. The van der Waals surface area contributed by atoms with E-state index in [1.807, 2.05) is 43.4 Å². The van der Waals surface area contributed by atoms with Crippen LogP contribution in [0.1, 0.15) is 5.69 Å². The Kier molecular flexibility index (Phi) is 4.60. The summed E-state index contributed by atoms with van der Waals surface area (Å²) in [5.74, 6) is 0.894. The van der Waals surface area contributed by atoms with Crippen molar-refractivity contribution in [2.75, 3.05) is 27.7 Å². The minimum Gasteiger partial charge on any atom is -0.356 e. The van der Waals surface area contributed by atoms with Gasteiger partial charge in [-0.05, 0) is 12.1 Å². The first-order valence-corrected chi connectivity index (χ1v) is 5.02. The average Bonchev–Trinajstić information content (AvgIpc) is 2.25. The fourth-order valence-electron chi connectivity index (χ4n) is 1.29. The van der Waals surface area contributed by atoms with Crippen LogP contribution in [0, 0.1) is 0 Å². The highest BCUT2D eigenvalue weighted by Crippen LogP contribution is 1.93. The second-order valence-electron chi connectivity index (χ2n) is 3.44. The van der Waals surface area contributed by atoms with Gasteiger partial charge in [-0.3, -0.25) is 9.98 Å². The summed E-state index contributed by atoms with van der Waals surface area (Å²) in [4.78, 5) is 10.3. The Morgan fingerprint density at radius 1 is 1.47 bits per heavy atom. The molecule has 1 heterocycles. The zero-order valence-corrected chi connectivity index (χ0v) is 9.57. The third kappa shape index (κ3) is 3.97. The highest BCUT2D eigenvalue weighted by molar-refractivity contribution is 5.79. The first-order valence-electron chi connectivity index (χ1n) is 5.02. The van der Waals surface area contributed by atoms with E-state index in [1.165, 1.54) is 0 Å². The molecular formula is C11H18N4. The van der Waals surface area contributed by atoms with E-state index in [4.69, 9.17) is 0 Å². The minimum atomic E-state index is 0.849. The van der Waals surface area contributed by atoms with Crippen molar-refractivity contribution in [2.45, 2.75) is 6.42 Å². The maximum absolute atomic E-state index is 4.25. The molecule has 0 amide bonds. The van der Waals surface area contributed by atoms with Crippen LogP contribution >= 0.6 is 0 Å². The number of nitrogens with zero attached hydrogens (tertiary/aromatic N) is 3. The van der Waals surface area contributed by atoms with Crippen molar-refractivity contribution < 1.29 is 0 Å². The van der Waals surface area contributed by atoms with Gasteiger partial charge in [0.2, 0.25) is 0 Å². The van der Waals surface area contributed by atoms with Crippen molar-refractivity contribution in [3.05, 3.63) is 30.1 Å². The molecule has 0 atom stereocenters. The van der Waals surface area contributed by atoms with E-state index in [9.17, 15) is 0 Å². The van der Waals surface area contributed by atoms with Crippen LogP contribution in [0.2, 0.25) is 0 Å². The van der Waals surface area contributed by atoms with Gasteiger partial charge in [-0.2, -0.15) is 0 Å². The first-order chi connectivity index (χ1) is 7.24. The molecule has 4 nitrogen and oxygen atoms in total. The van der Waals surface area contributed by atoms with E-state index in [0.29, 0.717) is 0 Å². The van der Waals surface area contributed by atoms with Gasteiger partial charge in [-0.1, -0.05) is 6.07 Å². The zero-order valence-electron chi connectivity index (χ0n) is 9.57. The van der Waals surface area contributed by atoms with E-state index < -0.39 is 0 Å². The van der Waals surface area contributed by atoms with E-state index in [-0.39, 0.29) is 0 Å². The Labute approximate surface area is 91.0 Å². The van der Waals surface area contributed by atoms with Crippen LogP contribution in [0.4, 0.5) is 0 Å².